The molecule has 2 rings (SSSR count). The highest BCUT2D eigenvalue weighted by Gasteiger charge is 2.31. The van der Waals surface area contributed by atoms with Gasteiger partial charge in [0.15, 0.2) is 0 Å². The highest BCUT2D eigenvalue weighted by molar-refractivity contribution is 5.23. The zero-order valence-corrected chi connectivity index (χ0v) is 10.7. The zero-order chi connectivity index (χ0) is 13.0. The Hall–Kier alpha value is -0.970. The van der Waals surface area contributed by atoms with Gasteiger partial charge in [0, 0.05) is 25.3 Å². The fourth-order valence-electron chi connectivity index (χ4n) is 2.19. The number of ether oxygens (including phenoxy) is 1. The van der Waals surface area contributed by atoms with E-state index >= 15 is 0 Å². The summed E-state index contributed by atoms with van der Waals surface area (Å²) in [5, 5.41) is 12.9. The number of benzene rings is 1. The van der Waals surface area contributed by atoms with E-state index in [-0.39, 0.29) is 18.0 Å². The average molecular weight is 253 g/mol. The van der Waals surface area contributed by atoms with Crippen LogP contribution in [0.25, 0.3) is 0 Å². The Morgan fingerprint density at radius 2 is 2.11 bits per heavy atom. The first-order valence-corrected chi connectivity index (χ1v) is 6.34. The molecule has 0 radical (unpaired) electrons. The first-order valence-electron chi connectivity index (χ1n) is 6.34. The van der Waals surface area contributed by atoms with Crippen LogP contribution in [-0.2, 0) is 11.3 Å². The summed E-state index contributed by atoms with van der Waals surface area (Å²) in [6.45, 7) is 3.73. The van der Waals surface area contributed by atoms with Crippen LogP contribution in [0.15, 0.2) is 18.2 Å². The molecule has 0 aromatic heterocycles. The molecule has 1 aliphatic rings. The molecule has 1 aliphatic heterocycles. The second-order valence-electron chi connectivity index (χ2n) is 4.99. The van der Waals surface area contributed by atoms with Crippen molar-refractivity contribution < 1.29 is 14.2 Å². The van der Waals surface area contributed by atoms with Crippen molar-refractivity contribution >= 4 is 0 Å². The van der Waals surface area contributed by atoms with Gasteiger partial charge in [-0.15, -0.1) is 0 Å². The van der Waals surface area contributed by atoms with E-state index in [1.54, 1.807) is 19.1 Å². The number of nitrogens with one attached hydrogen (secondary N) is 1. The molecule has 2 N–H and O–H groups in total. The summed E-state index contributed by atoms with van der Waals surface area (Å²) in [5.41, 5.74) is 1.28. The Kier molecular flexibility index (Phi) is 4.32. The molecule has 0 aliphatic carbocycles. The van der Waals surface area contributed by atoms with Crippen LogP contribution in [0.2, 0.25) is 0 Å². The molecule has 0 bridgehead atoms. The third-order valence-electron chi connectivity index (χ3n) is 3.66. The van der Waals surface area contributed by atoms with E-state index < -0.39 is 0 Å². The van der Waals surface area contributed by atoms with Crippen molar-refractivity contribution in [2.45, 2.75) is 31.8 Å². The van der Waals surface area contributed by atoms with Crippen molar-refractivity contribution in [3.05, 3.63) is 35.1 Å². The predicted molar refractivity (Wildman–Crippen MR) is 67.8 cm³/mol. The first-order chi connectivity index (χ1) is 8.65. The highest BCUT2D eigenvalue weighted by atomic mass is 19.1. The summed E-state index contributed by atoms with van der Waals surface area (Å²) in [6.07, 6.45) is 1.58. The molecule has 100 valence electrons. The van der Waals surface area contributed by atoms with Crippen molar-refractivity contribution in [3.8, 4) is 0 Å². The van der Waals surface area contributed by atoms with Crippen LogP contribution in [0, 0.1) is 12.7 Å². The summed E-state index contributed by atoms with van der Waals surface area (Å²) >= 11 is 0. The topological polar surface area (TPSA) is 41.5 Å². The number of aliphatic hydroxyl groups excluding tert-OH is 1. The maximum atomic E-state index is 13.4. The molecule has 1 saturated heterocycles. The van der Waals surface area contributed by atoms with Crippen molar-refractivity contribution in [1.82, 2.24) is 5.32 Å². The number of halogens is 1. The van der Waals surface area contributed by atoms with Crippen LogP contribution in [0.1, 0.15) is 24.0 Å². The number of aryl methyl sites for hydroxylation is 1. The molecule has 1 heterocycles. The smallest absolute Gasteiger partial charge is 0.126 e. The summed E-state index contributed by atoms with van der Waals surface area (Å²) < 4.78 is 18.7. The molecule has 18 heavy (non-hydrogen) atoms. The van der Waals surface area contributed by atoms with Crippen molar-refractivity contribution in [1.29, 1.82) is 0 Å². The Labute approximate surface area is 107 Å². The molecule has 1 aromatic rings. The first kappa shape index (κ1) is 13.5. The van der Waals surface area contributed by atoms with Gasteiger partial charge in [0.05, 0.1) is 6.61 Å². The minimum Gasteiger partial charge on any atom is -0.394 e. The fraction of sp³-hybridized carbons (Fsp3) is 0.571. The Balaban J connectivity index is 1.98. The van der Waals surface area contributed by atoms with Gasteiger partial charge in [0.1, 0.15) is 5.82 Å². The number of hydrogen-bond donors (Lipinski definition) is 2. The summed E-state index contributed by atoms with van der Waals surface area (Å²) in [4.78, 5) is 0. The van der Waals surface area contributed by atoms with Gasteiger partial charge >= 0.3 is 0 Å². The van der Waals surface area contributed by atoms with E-state index in [9.17, 15) is 9.50 Å². The SMILES string of the molecule is Cc1ccc(CNC2(CO)CCOCC2)cc1F. The van der Waals surface area contributed by atoms with Crippen LogP contribution in [0.5, 0.6) is 0 Å². The van der Waals surface area contributed by atoms with Crippen LogP contribution < -0.4 is 5.32 Å². The largest absolute Gasteiger partial charge is 0.394 e. The minimum atomic E-state index is -0.278. The van der Waals surface area contributed by atoms with E-state index in [4.69, 9.17) is 4.74 Å². The normalized spacial score (nSPS) is 18.8. The van der Waals surface area contributed by atoms with Gasteiger partial charge < -0.3 is 15.2 Å². The van der Waals surface area contributed by atoms with Crippen LogP contribution >= 0.6 is 0 Å². The van der Waals surface area contributed by atoms with E-state index in [1.165, 1.54) is 0 Å². The summed E-state index contributed by atoms with van der Waals surface area (Å²) in [7, 11) is 0. The van der Waals surface area contributed by atoms with Gasteiger partial charge in [0.2, 0.25) is 0 Å². The molecule has 1 aromatic carbocycles. The molecule has 0 saturated carbocycles. The lowest BCUT2D eigenvalue weighted by molar-refractivity contribution is 0.0111. The number of aliphatic hydroxyl groups is 1. The van der Waals surface area contributed by atoms with Crippen LogP contribution in [-0.4, -0.2) is 30.5 Å². The maximum Gasteiger partial charge on any atom is 0.126 e. The number of hydrogen-bond acceptors (Lipinski definition) is 3. The monoisotopic (exact) mass is 253 g/mol. The van der Waals surface area contributed by atoms with Gasteiger partial charge in [-0.2, -0.15) is 0 Å². The lowest BCUT2D eigenvalue weighted by Gasteiger charge is -2.36. The standard InChI is InChI=1S/C14H20FNO2/c1-11-2-3-12(8-13(11)15)9-16-14(10-17)4-6-18-7-5-14/h2-3,8,16-17H,4-7,9-10H2,1H3. The van der Waals surface area contributed by atoms with Gasteiger partial charge in [-0.3, -0.25) is 0 Å². The molecule has 0 atom stereocenters. The van der Waals surface area contributed by atoms with E-state index in [0.717, 1.165) is 18.4 Å². The fourth-order valence-corrected chi connectivity index (χ4v) is 2.19. The van der Waals surface area contributed by atoms with Gasteiger partial charge in [0.25, 0.3) is 0 Å². The Morgan fingerprint density at radius 3 is 2.72 bits per heavy atom. The predicted octanol–water partition coefficient (Wildman–Crippen LogP) is 1.77. The molecule has 1 fully saturated rings. The molecular formula is C14H20FNO2. The van der Waals surface area contributed by atoms with Gasteiger partial charge in [-0.25, -0.2) is 4.39 Å². The Bertz CT molecular complexity index is 403. The third-order valence-corrected chi connectivity index (χ3v) is 3.66. The van der Waals surface area contributed by atoms with Crippen molar-refractivity contribution in [2.24, 2.45) is 0 Å². The van der Waals surface area contributed by atoms with E-state index in [2.05, 4.69) is 5.32 Å². The highest BCUT2D eigenvalue weighted by Crippen LogP contribution is 2.21. The van der Waals surface area contributed by atoms with Crippen molar-refractivity contribution in [2.75, 3.05) is 19.8 Å². The lowest BCUT2D eigenvalue weighted by atomic mass is 9.90. The molecule has 3 nitrogen and oxygen atoms in total. The lowest BCUT2D eigenvalue weighted by Crippen LogP contribution is -2.51. The summed E-state index contributed by atoms with van der Waals surface area (Å²) in [6, 6.07) is 5.24. The molecule has 0 unspecified atom stereocenters. The average Bonchev–Trinajstić information content (AvgIpc) is 2.41. The minimum absolute atomic E-state index is 0.0880. The second-order valence-corrected chi connectivity index (χ2v) is 4.99. The van der Waals surface area contributed by atoms with E-state index in [1.807, 2.05) is 6.07 Å². The quantitative estimate of drug-likeness (QED) is 0.859. The summed E-state index contributed by atoms with van der Waals surface area (Å²) in [5.74, 6) is -0.181. The van der Waals surface area contributed by atoms with Crippen LogP contribution in [0.4, 0.5) is 4.39 Å². The van der Waals surface area contributed by atoms with Gasteiger partial charge in [-0.05, 0) is 37.0 Å². The van der Waals surface area contributed by atoms with E-state index in [0.29, 0.717) is 25.3 Å². The zero-order valence-electron chi connectivity index (χ0n) is 10.7. The molecule has 0 amide bonds. The van der Waals surface area contributed by atoms with Crippen molar-refractivity contribution in [3.63, 3.8) is 0 Å². The molecular weight excluding hydrogens is 233 g/mol. The molecule has 4 heteroatoms. The maximum absolute atomic E-state index is 13.4. The third kappa shape index (κ3) is 3.07. The van der Waals surface area contributed by atoms with Gasteiger partial charge in [-0.1, -0.05) is 12.1 Å². The number of rotatable bonds is 4. The Morgan fingerprint density at radius 1 is 1.39 bits per heavy atom. The van der Waals surface area contributed by atoms with Crippen LogP contribution in [0.3, 0.4) is 0 Å². The molecule has 0 spiro atoms. The second kappa shape index (κ2) is 5.78.